The molecule has 0 N–H and O–H groups in total. The normalized spacial score (nSPS) is 10.9. The van der Waals surface area contributed by atoms with E-state index in [0.717, 1.165) is 65.0 Å². The predicted molar refractivity (Wildman–Crippen MR) is 139 cm³/mol. The monoisotopic (exact) mass is 502 g/mol. The molecule has 7 heteroatoms. The molecule has 182 valence electrons. The zero-order chi connectivity index (χ0) is 24.7. The van der Waals surface area contributed by atoms with Crippen LogP contribution in [0.4, 0.5) is 0 Å². The van der Waals surface area contributed by atoms with Gasteiger partial charge in [0, 0.05) is 18.2 Å². The van der Waals surface area contributed by atoms with Gasteiger partial charge in [-0.05, 0) is 74.2 Å². The number of benzene rings is 2. The standard InChI is InChI=1S/C27H32Cl2N2O3/c1-6-7-8-24-19(4)27(31(5)30-24)34-21-11-9-20(10-12-21)33-25-14-13-22(17-23(25)18(2)3)32-16-15-26(28)29/h9-15,17-18H,6-8,16H2,1-5H3. The molecule has 5 nitrogen and oxygen atoms in total. The van der Waals surface area contributed by atoms with Crippen molar-refractivity contribution in [1.82, 2.24) is 9.78 Å². The molecule has 0 saturated heterocycles. The van der Waals surface area contributed by atoms with Crippen LogP contribution in [-0.4, -0.2) is 16.4 Å². The smallest absolute Gasteiger partial charge is 0.220 e. The lowest BCUT2D eigenvalue weighted by atomic mass is 10.0. The maximum atomic E-state index is 6.19. The number of hydrogen-bond donors (Lipinski definition) is 0. The van der Waals surface area contributed by atoms with Crippen molar-refractivity contribution in [2.75, 3.05) is 6.61 Å². The third-order valence-corrected chi connectivity index (χ3v) is 5.75. The van der Waals surface area contributed by atoms with Gasteiger partial charge in [-0.2, -0.15) is 5.10 Å². The summed E-state index contributed by atoms with van der Waals surface area (Å²) < 4.78 is 20.0. The second kappa shape index (κ2) is 12.2. The molecule has 0 fully saturated rings. The van der Waals surface area contributed by atoms with Gasteiger partial charge in [0.2, 0.25) is 5.88 Å². The van der Waals surface area contributed by atoms with Crippen LogP contribution in [0.2, 0.25) is 0 Å². The second-order valence-electron chi connectivity index (χ2n) is 8.44. The van der Waals surface area contributed by atoms with Crippen LogP contribution in [0, 0.1) is 6.92 Å². The maximum Gasteiger partial charge on any atom is 0.220 e. The van der Waals surface area contributed by atoms with Crippen molar-refractivity contribution in [2.24, 2.45) is 7.05 Å². The number of ether oxygens (including phenoxy) is 3. The second-order valence-corrected chi connectivity index (χ2v) is 9.45. The van der Waals surface area contributed by atoms with Crippen LogP contribution < -0.4 is 14.2 Å². The Labute approximate surface area is 212 Å². The molecule has 0 bridgehead atoms. The summed E-state index contributed by atoms with van der Waals surface area (Å²) in [6, 6.07) is 13.4. The molecule has 0 unspecified atom stereocenters. The fourth-order valence-electron chi connectivity index (χ4n) is 3.57. The molecule has 0 aliphatic carbocycles. The summed E-state index contributed by atoms with van der Waals surface area (Å²) in [5.41, 5.74) is 3.22. The van der Waals surface area contributed by atoms with Crippen molar-refractivity contribution in [3.05, 3.63) is 69.9 Å². The number of hydrogen-bond acceptors (Lipinski definition) is 4. The van der Waals surface area contributed by atoms with Crippen LogP contribution in [0.5, 0.6) is 28.9 Å². The van der Waals surface area contributed by atoms with E-state index in [9.17, 15) is 0 Å². The Morgan fingerprint density at radius 2 is 1.68 bits per heavy atom. The van der Waals surface area contributed by atoms with E-state index in [1.807, 2.05) is 49.5 Å². The van der Waals surface area contributed by atoms with Gasteiger partial charge < -0.3 is 14.2 Å². The van der Waals surface area contributed by atoms with Gasteiger partial charge in [-0.1, -0.05) is 50.4 Å². The van der Waals surface area contributed by atoms with Crippen LogP contribution in [0.1, 0.15) is 56.4 Å². The number of aryl methyl sites for hydroxylation is 2. The fourth-order valence-corrected chi connectivity index (χ4v) is 3.69. The summed E-state index contributed by atoms with van der Waals surface area (Å²) in [5, 5.41) is 4.62. The highest BCUT2D eigenvalue weighted by atomic mass is 35.5. The zero-order valence-corrected chi connectivity index (χ0v) is 21.9. The number of unbranched alkanes of at least 4 members (excludes halogenated alkanes) is 1. The van der Waals surface area contributed by atoms with Gasteiger partial charge in [0.15, 0.2) is 0 Å². The van der Waals surface area contributed by atoms with Crippen molar-refractivity contribution < 1.29 is 14.2 Å². The Morgan fingerprint density at radius 1 is 1.03 bits per heavy atom. The first kappa shape index (κ1) is 26.0. The lowest BCUT2D eigenvalue weighted by molar-refractivity contribution is 0.361. The average Bonchev–Trinajstić information content (AvgIpc) is 3.06. The number of nitrogens with zero attached hydrogens (tertiary/aromatic N) is 2. The minimum Gasteiger partial charge on any atom is -0.489 e. The highest BCUT2D eigenvalue weighted by Crippen LogP contribution is 2.35. The Balaban J connectivity index is 1.71. The Kier molecular flexibility index (Phi) is 9.31. The summed E-state index contributed by atoms with van der Waals surface area (Å²) in [5.74, 6) is 4.00. The highest BCUT2D eigenvalue weighted by molar-refractivity contribution is 6.55. The van der Waals surface area contributed by atoms with Gasteiger partial charge >= 0.3 is 0 Å². The minimum atomic E-state index is 0.187. The Morgan fingerprint density at radius 3 is 2.29 bits per heavy atom. The minimum absolute atomic E-state index is 0.187. The molecule has 3 aromatic rings. The number of rotatable bonds is 11. The van der Waals surface area contributed by atoms with E-state index < -0.39 is 0 Å². The summed E-state index contributed by atoms with van der Waals surface area (Å²) in [7, 11) is 1.91. The van der Waals surface area contributed by atoms with Gasteiger partial charge in [0.1, 0.15) is 34.1 Å². The molecule has 0 saturated carbocycles. The van der Waals surface area contributed by atoms with Crippen LogP contribution in [0.25, 0.3) is 0 Å². The molecular weight excluding hydrogens is 471 g/mol. The highest BCUT2D eigenvalue weighted by Gasteiger charge is 2.15. The number of halogens is 2. The first-order chi connectivity index (χ1) is 16.3. The van der Waals surface area contributed by atoms with Crippen LogP contribution >= 0.6 is 23.2 Å². The lowest BCUT2D eigenvalue weighted by Gasteiger charge is -2.16. The summed E-state index contributed by atoms with van der Waals surface area (Å²) >= 11 is 11.3. The first-order valence-corrected chi connectivity index (χ1v) is 12.3. The Bertz CT molecular complexity index is 1120. The molecule has 3 rings (SSSR count). The molecule has 34 heavy (non-hydrogen) atoms. The summed E-state index contributed by atoms with van der Waals surface area (Å²) in [6.07, 6.45) is 4.83. The SMILES string of the molecule is CCCCc1nn(C)c(Oc2ccc(Oc3ccc(OCC=C(Cl)Cl)cc3C(C)C)cc2)c1C. The maximum absolute atomic E-state index is 6.19. The van der Waals surface area contributed by atoms with E-state index in [2.05, 4.69) is 32.8 Å². The van der Waals surface area contributed by atoms with Crippen LogP contribution in [0.3, 0.4) is 0 Å². The summed E-state index contributed by atoms with van der Waals surface area (Å²) in [6.45, 7) is 8.78. The molecule has 0 amide bonds. The van der Waals surface area contributed by atoms with Gasteiger partial charge in [-0.25, -0.2) is 4.68 Å². The predicted octanol–water partition coefficient (Wildman–Crippen LogP) is 8.48. The molecule has 0 radical (unpaired) electrons. The molecule has 0 aliphatic rings. The van der Waals surface area contributed by atoms with Gasteiger partial charge in [-0.15, -0.1) is 0 Å². The summed E-state index contributed by atoms with van der Waals surface area (Å²) in [4.78, 5) is 0. The van der Waals surface area contributed by atoms with Crippen molar-refractivity contribution in [2.45, 2.75) is 52.9 Å². The molecular formula is C27H32Cl2N2O3. The van der Waals surface area contributed by atoms with E-state index in [-0.39, 0.29) is 10.4 Å². The molecule has 1 heterocycles. The van der Waals surface area contributed by atoms with Crippen molar-refractivity contribution >= 4 is 23.2 Å². The molecule has 1 aromatic heterocycles. The van der Waals surface area contributed by atoms with E-state index in [1.165, 1.54) is 0 Å². The van der Waals surface area contributed by atoms with Gasteiger partial charge in [0.25, 0.3) is 0 Å². The van der Waals surface area contributed by atoms with E-state index >= 15 is 0 Å². The average molecular weight is 503 g/mol. The van der Waals surface area contributed by atoms with Crippen LogP contribution in [-0.2, 0) is 13.5 Å². The van der Waals surface area contributed by atoms with Crippen molar-refractivity contribution in [3.8, 4) is 28.9 Å². The third-order valence-electron chi connectivity index (χ3n) is 5.44. The third kappa shape index (κ3) is 6.94. The fraction of sp³-hybridized carbons (Fsp3) is 0.370. The molecule has 0 atom stereocenters. The first-order valence-electron chi connectivity index (χ1n) is 11.5. The van der Waals surface area contributed by atoms with E-state index in [4.69, 9.17) is 37.4 Å². The topological polar surface area (TPSA) is 45.5 Å². The quantitative estimate of drug-likeness (QED) is 0.263. The van der Waals surface area contributed by atoms with Crippen molar-refractivity contribution in [1.29, 1.82) is 0 Å². The van der Waals surface area contributed by atoms with E-state index in [0.29, 0.717) is 6.61 Å². The van der Waals surface area contributed by atoms with Gasteiger partial charge in [0.05, 0.1) is 5.69 Å². The molecule has 2 aromatic carbocycles. The Hall–Kier alpha value is -2.63. The van der Waals surface area contributed by atoms with Crippen LogP contribution in [0.15, 0.2) is 53.0 Å². The molecule has 0 aliphatic heterocycles. The van der Waals surface area contributed by atoms with E-state index in [1.54, 1.807) is 10.8 Å². The number of aromatic nitrogens is 2. The van der Waals surface area contributed by atoms with Gasteiger partial charge in [-0.3, -0.25) is 0 Å². The molecule has 0 spiro atoms. The largest absolute Gasteiger partial charge is 0.489 e. The zero-order valence-electron chi connectivity index (χ0n) is 20.4. The van der Waals surface area contributed by atoms with Crippen molar-refractivity contribution in [3.63, 3.8) is 0 Å². The lowest BCUT2D eigenvalue weighted by Crippen LogP contribution is -1.98.